The Bertz CT molecular complexity index is 579. The molecule has 1 heterocycles. The molecule has 0 aliphatic rings. The van der Waals surface area contributed by atoms with Crippen LogP contribution < -0.4 is 5.32 Å². The maximum absolute atomic E-state index is 12.7. The highest BCUT2D eigenvalue weighted by molar-refractivity contribution is 5.92. The number of hydrogen-bond acceptors (Lipinski definition) is 5. The lowest BCUT2D eigenvalue weighted by molar-refractivity contribution is 0.0265. The van der Waals surface area contributed by atoms with Crippen molar-refractivity contribution in [1.82, 2.24) is 9.88 Å². The molecule has 132 valence electrons. The Kier molecular flexibility index (Phi) is 7.35. The highest BCUT2D eigenvalue weighted by atomic mass is 19.1. The molecule has 1 rings (SSSR count). The number of anilines is 1. The zero-order valence-corrected chi connectivity index (χ0v) is 14.6. The van der Waals surface area contributed by atoms with Crippen molar-refractivity contribution in [3.05, 3.63) is 36.4 Å². The molecule has 0 saturated carbocycles. The number of hydrogen-bond donors (Lipinski definition) is 2. The van der Waals surface area contributed by atoms with E-state index in [-0.39, 0.29) is 6.09 Å². The number of pyridine rings is 1. The van der Waals surface area contributed by atoms with Crippen LogP contribution in [0.1, 0.15) is 34.1 Å². The average molecular weight is 336 g/mol. The second-order valence-electron chi connectivity index (χ2n) is 6.17. The fourth-order valence-corrected chi connectivity index (χ4v) is 1.73. The molecule has 1 aromatic rings. The first kappa shape index (κ1) is 19.6. The number of allylic oxidation sites excluding steroid dienone is 1. The molecule has 0 fully saturated rings. The molecule has 2 N–H and O–H groups in total. The minimum absolute atomic E-state index is 0.353. The van der Waals surface area contributed by atoms with Crippen LogP contribution in [0.5, 0.6) is 0 Å². The summed E-state index contributed by atoms with van der Waals surface area (Å²) in [5, 5.41) is 10.7. The maximum Gasteiger partial charge on any atom is 0.410 e. The van der Waals surface area contributed by atoms with E-state index in [1.54, 1.807) is 17.2 Å². The van der Waals surface area contributed by atoms with E-state index in [1.807, 2.05) is 27.7 Å². The standard InChI is InChI=1S/C17H25FN4O2/c1-5-22(16(23)24-17(2,3)4)11-9-14(19)8-10-20-15-7-6-13(18)12-21-15/h6-8,10,12,19H,5,9,11H2,1-4H3,(H,20,21)/b10-8-,19-14?. The van der Waals surface area contributed by atoms with Crippen molar-refractivity contribution in [2.45, 2.75) is 39.7 Å². The van der Waals surface area contributed by atoms with Gasteiger partial charge in [-0.15, -0.1) is 0 Å². The van der Waals surface area contributed by atoms with Crippen molar-refractivity contribution in [2.75, 3.05) is 18.4 Å². The number of halogens is 1. The third-order valence-corrected chi connectivity index (χ3v) is 2.93. The van der Waals surface area contributed by atoms with Gasteiger partial charge < -0.3 is 20.4 Å². The number of nitrogens with zero attached hydrogens (tertiary/aromatic N) is 2. The van der Waals surface area contributed by atoms with Crippen LogP contribution in [-0.2, 0) is 4.74 Å². The van der Waals surface area contributed by atoms with Crippen LogP contribution in [0.25, 0.3) is 0 Å². The molecule has 0 atom stereocenters. The SMILES string of the molecule is CCN(CCC(=N)/C=C\Nc1ccc(F)cn1)C(=O)OC(C)(C)C. The lowest BCUT2D eigenvalue weighted by Gasteiger charge is -2.26. The summed E-state index contributed by atoms with van der Waals surface area (Å²) in [7, 11) is 0. The minimum atomic E-state index is -0.538. The van der Waals surface area contributed by atoms with Crippen molar-refractivity contribution >= 4 is 17.6 Å². The monoisotopic (exact) mass is 336 g/mol. The number of ether oxygens (including phenoxy) is 1. The molecule has 7 heteroatoms. The first-order valence-corrected chi connectivity index (χ1v) is 7.81. The third kappa shape index (κ3) is 7.71. The molecule has 0 radical (unpaired) electrons. The van der Waals surface area contributed by atoms with E-state index in [0.29, 0.717) is 31.0 Å². The van der Waals surface area contributed by atoms with Gasteiger partial charge in [0, 0.05) is 31.4 Å². The fourth-order valence-electron chi connectivity index (χ4n) is 1.73. The van der Waals surface area contributed by atoms with E-state index in [2.05, 4.69) is 10.3 Å². The summed E-state index contributed by atoms with van der Waals surface area (Å²) in [6.07, 6.45) is 4.28. The summed E-state index contributed by atoms with van der Waals surface area (Å²) < 4.78 is 18.0. The van der Waals surface area contributed by atoms with E-state index in [4.69, 9.17) is 10.1 Å². The second-order valence-corrected chi connectivity index (χ2v) is 6.17. The van der Waals surface area contributed by atoms with Crippen LogP contribution in [0.15, 0.2) is 30.6 Å². The lowest BCUT2D eigenvalue weighted by Crippen LogP contribution is -2.37. The number of rotatable bonds is 7. The summed E-state index contributed by atoms with van der Waals surface area (Å²) >= 11 is 0. The summed E-state index contributed by atoms with van der Waals surface area (Å²) in [5.74, 6) is 0.0865. The number of nitrogens with one attached hydrogen (secondary N) is 2. The van der Waals surface area contributed by atoms with Gasteiger partial charge >= 0.3 is 6.09 Å². The Hall–Kier alpha value is -2.44. The van der Waals surface area contributed by atoms with E-state index in [9.17, 15) is 9.18 Å². The van der Waals surface area contributed by atoms with Crippen LogP contribution in [0, 0.1) is 11.2 Å². The van der Waals surface area contributed by atoms with Gasteiger partial charge in [0.25, 0.3) is 0 Å². The van der Waals surface area contributed by atoms with Gasteiger partial charge in [0.2, 0.25) is 0 Å². The largest absolute Gasteiger partial charge is 0.444 e. The number of carbonyl (C=O) groups is 1. The van der Waals surface area contributed by atoms with Gasteiger partial charge in [-0.1, -0.05) is 0 Å². The maximum atomic E-state index is 12.7. The van der Waals surface area contributed by atoms with E-state index < -0.39 is 11.4 Å². The molecular formula is C17H25FN4O2. The van der Waals surface area contributed by atoms with Gasteiger partial charge in [-0.05, 0) is 45.9 Å². The highest BCUT2D eigenvalue weighted by Crippen LogP contribution is 2.10. The Morgan fingerprint density at radius 2 is 2.17 bits per heavy atom. The highest BCUT2D eigenvalue weighted by Gasteiger charge is 2.20. The van der Waals surface area contributed by atoms with Crippen LogP contribution in [0.2, 0.25) is 0 Å². The number of carbonyl (C=O) groups excluding carboxylic acids is 1. The summed E-state index contributed by atoms with van der Waals surface area (Å²) in [6.45, 7) is 8.24. The first-order chi connectivity index (χ1) is 11.2. The Labute approximate surface area is 142 Å². The quantitative estimate of drug-likeness (QED) is 0.742. The predicted octanol–water partition coefficient (Wildman–Crippen LogP) is 3.81. The van der Waals surface area contributed by atoms with E-state index in [0.717, 1.165) is 6.20 Å². The Balaban J connectivity index is 2.42. The van der Waals surface area contributed by atoms with Crippen molar-refractivity contribution < 1.29 is 13.9 Å². The average Bonchev–Trinajstić information content (AvgIpc) is 2.48. The van der Waals surface area contributed by atoms with Crippen molar-refractivity contribution in [1.29, 1.82) is 5.41 Å². The van der Waals surface area contributed by atoms with Gasteiger partial charge in [-0.3, -0.25) is 0 Å². The zero-order chi connectivity index (χ0) is 18.2. The fraction of sp³-hybridized carbons (Fsp3) is 0.471. The van der Waals surface area contributed by atoms with Gasteiger partial charge in [0.1, 0.15) is 17.2 Å². The van der Waals surface area contributed by atoms with E-state index in [1.165, 1.54) is 12.1 Å². The molecule has 0 aliphatic heterocycles. The molecule has 0 aliphatic carbocycles. The second kappa shape index (κ2) is 9.00. The van der Waals surface area contributed by atoms with Gasteiger partial charge in [0.15, 0.2) is 0 Å². The number of aromatic nitrogens is 1. The molecule has 1 amide bonds. The topological polar surface area (TPSA) is 78.3 Å². The molecule has 0 saturated heterocycles. The van der Waals surface area contributed by atoms with E-state index >= 15 is 0 Å². The Morgan fingerprint density at radius 3 is 2.71 bits per heavy atom. The van der Waals surface area contributed by atoms with Crippen molar-refractivity contribution in [2.24, 2.45) is 0 Å². The zero-order valence-electron chi connectivity index (χ0n) is 14.6. The summed E-state index contributed by atoms with van der Waals surface area (Å²) in [6, 6.07) is 2.80. The van der Waals surface area contributed by atoms with Crippen LogP contribution >= 0.6 is 0 Å². The third-order valence-electron chi connectivity index (χ3n) is 2.93. The lowest BCUT2D eigenvalue weighted by atomic mass is 10.2. The molecule has 6 nitrogen and oxygen atoms in total. The first-order valence-electron chi connectivity index (χ1n) is 7.81. The molecule has 0 spiro atoms. The summed E-state index contributed by atoms with van der Waals surface area (Å²) in [4.78, 5) is 17.4. The normalized spacial score (nSPS) is 11.4. The van der Waals surface area contributed by atoms with Crippen LogP contribution in [0.3, 0.4) is 0 Å². The molecule has 1 aromatic heterocycles. The molecule has 0 unspecified atom stereocenters. The molecular weight excluding hydrogens is 311 g/mol. The van der Waals surface area contributed by atoms with Crippen LogP contribution in [-0.4, -0.2) is 40.4 Å². The summed E-state index contributed by atoms with van der Waals surface area (Å²) in [5.41, 5.74) is -0.184. The minimum Gasteiger partial charge on any atom is -0.444 e. The van der Waals surface area contributed by atoms with Crippen LogP contribution in [0.4, 0.5) is 15.0 Å². The Morgan fingerprint density at radius 1 is 1.46 bits per heavy atom. The van der Waals surface area contributed by atoms with Gasteiger partial charge in [0.05, 0.1) is 6.20 Å². The van der Waals surface area contributed by atoms with Gasteiger partial charge in [-0.25, -0.2) is 14.2 Å². The van der Waals surface area contributed by atoms with Gasteiger partial charge in [-0.2, -0.15) is 0 Å². The van der Waals surface area contributed by atoms with Crippen molar-refractivity contribution in [3.63, 3.8) is 0 Å². The molecule has 24 heavy (non-hydrogen) atoms. The number of amides is 1. The predicted molar refractivity (Wildman–Crippen MR) is 92.8 cm³/mol. The van der Waals surface area contributed by atoms with Crippen molar-refractivity contribution in [3.8, 4) is 0 Å². The molecule has 0 aromatic carbocycles. The molecule has 0 bridgehead atoms. The smallest absolute Gasteiger partial charge is 0.410 e.